The Bertz CT molecular complexity index is 339. The van der Waals surface area contributed by atoms with Gasteiger partial charge in [-0.1, -0.05) is 34.4 Å². The molecule has 15 heavy (non-hydrogen) atoms. The van der Waals surface area contributed by atoms with E-state index in [9.17, 15) is 5.11 Å². The number of rotatable bonds is 5. The van der Waals surface area contributed by atoms with E-state index >= 15 is 0 Å². The third kappa shape index (κ3) is 4.34. The van der Waals surface area contributed by atoms with Crippen LogP contribution in [-0.2, 0) is 4.84 Å². The Labute approximate surface area is 97.9 Å². The van der Waals surface area contributed by atoms with Gasteiger partial charge in [-0.3, -0.25) is 0 Å². The van der Waals surface area contributed by atoms with Crippen molar-refractivity contribution in [2.45, 2.75) is 19.8 Å². The van der Waals surface area contributed by atoms with Crippen LogP contribution in [0.2, 0.25) is 0 Å². The molecule has 4 heteroatoms. The molecule has 0 amide bonds. The molecular formula is C11H14BrNO2. The van der Waals surface area contributed by atoms with E-state index in [1.165, 1.54) is 6.21 Å². The monoisotopic (exact) mass is 271 g/mol. The van der Waals surface area contributed by atoms with Gasteiger partial charge in [-0.05, 0) is 24.6 Å². The number of benzene rings is 1. The lowest BCUT2D eigenvalue weighted by atomic mass is 10.2. The predicted molar refractivity (Wildman–Crippen MR) is 64.3 cm³/mol. The minimum absolute atomic E-state index is 0.195. The van der Waals surface area contributed by atoms with Crippen molar-refractivity contribution in [3.63, 3.8) is 0 Å². The Hall–Kier alpha value is -1.03. The van der Waals surface area contributed by atoms with Crippen LogP contribution in [0.25, 0.3) is 0 Å². The van der Waals surface area contributed by atoms with Crippen LogP contribution >= 0.6 is 15.9 Å². The van der Waals surface area contributed by atoms with Gasteiger partial charge < -0.3 is 9.94 Å². The summed E-state index contributed by atoms with van der Waals surface area (Å²) in [5, 5.41) is 13.2. The fraction of sp³-hybridized carbons (Fsp3) is 0.364. The van der Waals surface area contributed by atoms with Crippen LogP contribution in [0, 0.1) is 0 Å². The Balaban J connectivity index is 2.52. The number of hydrogen-bond donors (Lipinski definition) is 1. The highest BCUT2D eigenvalue weighted by Crippen LogP contribution is 2.19. The first kappa shape index (κ1) is 12.0. The summed E-state index contributed by atoms with van der Waals surface area (Å²) in [5.74, 6) is 0.195. The van der Waals surface area contributed by atoms with Crippen molar-refractivity contribution in [1.82, 2.24) is 0 Å². The zero-order chi connectivity index (χ0) is 11.1. The van der Waals surface area contributed by atoms with Gasteiger partial charge in [0.2, 0.25) is 0 Å². The Morgan fingerprint density at radius 3 is 3.07 bits per heavy atom. The molecule has 0 fully saturated rings. The quantitative estimate of drug-likeness (QED) is 0.507. The second-order valence-corrected chi connectivity index (χ2v) is 4.04. The number of unbranched alkanes of at least 4 members (excludes halogenated alkanes) is 1. The van der Waals surface area contributed by atoms with Crippen LogP contribution in [0.1, 0.15) is 25.3 Å². The van der Waals surface area contributed by atoms with Gasteiger partial charge in [0.1, 0.15) is 12.4 Å². The highest BCUT2D eigenvalue weighted by atomic mass is 79.9. The molecule has 0 saturated heterocycles. The van der Waals surface area contributed by atoms with Crippen LogP contribution in [0.3, 0.4) is 0 Å². The van der Waals surface area contributed by atoms with Crippen LogP contribution in [0.4, 0.5) is 0 Å². The molecule has 1 aromatic rings. The zero-order valence-electron chi connectivity index (χ0n) is 8.61. The van der Waals surface area contributed by atoms with E-state index in [0.717, 1.165) is 17.3 Å². The number of aromatic hydroxyl groups is 1. The molecule has 0 aliphatic carbocycles. The van der Waals surface area contributed by atoms with E-state index < -0.39 is 0 Å². The van der Waals surface area contributed by atoms with E-state index in [-0.39, 0.29) is 5.75 Å². The van der Waals surface area contributed by atoms with E-state index in [0.29, 0.717) is 12.2 Å². The molecule has 0 aliphatic rings. The zero-order valence-corrected chi connectivity index (χ0v) is 10.2. The number of phenols is 1. The highest BCUT2D eigenvalue weighted by molar-refractivity contribution is 9.10. The van der Waals surface area contributed by atoms with E-state index in [1.54, 1.807) is 18.2 Å². The number of halogens is 1. The lowest BCUT2D eigenvalue weighted by molar-refractivity contribution is 0.142. The Kier molecular flexibility index (Phi) is 5.18. The van der Waals surface area contributed by atoms with Gasteiger partial charge in [-0.15, -0.1) is 0 Å². The van der Waals surface area contributed by atoms with Gasteiger partial charge in [0, 0.05) is 10.0 Å². The molecule has 0 atom stereocenters. The van der Waals surface area contributed by atoms with Gasteiger partial charge in [0.25, 0.3) is 0 Å². The number of oxime groups is 1. The molecule has 0 aliphatic heterocycles. The van der Waals surface area contributed by atoms with Crippen molar-refractivity contribution in [2.24, 2.45) is 5.16 Å². The third-order valence-electron chi connectivity index (χ3n) is 1.85. The first-order chi connectivity index (χ1) is 7.24. The summed E-state index contributed by atoms with van der Waals surface area (Å²) in [5.41, 5.74) is 0.640. The van der Waals surface area contributed by atoms with Gasteiger partial charge in [0.15, 0.2) is 0 Å². The van der Waals surface area contributed by atoms with Crippen molar-refractivity contribution in [2.75, 3.05) is 6.61 Å². The molecule has 1 aromatic carbocycles. The minimum atomic E-state index is 0.195. The van der Waals surface area contributed by atoms with Crippen molar-refractivity contribution >= 4 is 22.1 Å². The third-order valence-corrected chi connectivity index (χ3v) is 2.34. The van der Waals surface area contributed by atoms with Crippen molar-refractivity contribution in [3.05, 3.63) is 28.2 Å². The lowest BCUT2D eigenvalue weighted by Crippen LogP contribution is -1.88. The fourth-order valence-corrected chi connectivity index (χ4v) is 1.36. The number of hydrogen-bond acceptors (Lipinski definition) is 3. The summed E-state index contributed by atoms with van der Waals surface area (Å²) >= 11 is 3.32. The highest BCUT2D eigenvalue weighted by Gasteiger charge is 1.98. The molecule has 0 unspecified atom stereocenters. The molecule has 0 bridgehead atoms. The van der Waals surface area contributed by atoms with Crippen LogP contribution in [-0.4, -0.2) is 17.9 Å². The van der Waals surface area contributed by atoms with Gasteiger partial charge in [-0.25, -0.2) is 0 Å². The largest absolute Gasteiger partial charge is 0.507 e. The first-order valence-electron chi connectivity index (χ1n) is 4.88. The molecule has 0 spiro atoms. The van der Waals surface area contributed by atoms with Gasteiger partial charge in [-0.2, -0.15) is 0 Å². The van der Waals surface area contributed by atoms with Crippen molar-refractivity contribution in [3.8, 4) is 5.75 Å². The summed E-state index contributed by atoms with van der Waals surface area (Å²) in [6, 6.07) is 5.16. The molecule has 82 valence electrons. The molecule has 0 radical (unpaired) electrons. The van der Waals surface area contributed by atoms with Gasteiger partial charge in [0.05, 0.1) is 6.21 Å². The summed E-state index contributed by atoms with van der Waals surface area (Å²) < 4.78 is 0.898. The fourth-order valence-electron chi connectivity index (χ4n) is 0.984. The first-order valence-corrected chi connectivity index (χ1v) is 5.67. The smallest absolute Gasteiger partial charge is 0.124 e. The van der Waals surface area contributed by atoms with Crippen LogP contribution in [0.15, 0.2) is 27.8 Å². The molecule has 0 saturated carbocycles. The Morgan fingerprint density at radius 1 is 1.53 bits per heavy atom. The molecule has 1 rings (SSSR count). The molecule has 0 aromatic heterocycles. The summed E-state index contributed by atoms with van der Waals surface area (Å²) in [4.78, 5) is 5.02. The maximum absolute atomic E-state index is 9.47. The van der Waals surface area contributed by atoms with Crippen molar-refractivity contribution < 1.29 is 9.94 Å². The number of phenolic OH excluding ortho intramolecular Hbond substituents is 1. The minimum Gasteiger partial charge on any atom is -0.507 e. The normalized spacial score (nSPS) is 10.8. The Morgan fingerprint density at radius 2 is 2.33 bits per heavy atom. The predicted octanol–water partition coefficient (Wildman–Crippen LogP) is 3.31. The average molecular weight is 272 g/mol. The van der Waals surface area contributed by atoms with E-state index in [2.05, 4.69) is 28.0 Å². The lowest BCUT2D eigenvalue weighted by Gasteiger charge is -1.99. The molecule has 3 nitrogen and oxygen atoms in total. The standard InChI is InChI=1S/C11H14BrNO2/c1-2-3-6-15-13-8-9-7-10(12)4-5-11(9)14/h4-5,7-8,14H,2-3,6H2,1H3. The average Bonchev–Trinajstić information content (AvgIpc) is 2.23. The molecule has 0 heterocycles. The molecular weight excluding hydrogens is 258 g/mol. The molecule has 1 N–H and O–H groups in total. The van der Waals surface area contributed by atoms with E-state index in [4.69, 9.17) is 4.84 Å². The summed E-state index contributed by atoms with van der Waals surface area (Å²) in [7, 11) is 0. The SMILES string of the molecule is CCCCON=Cc1cc(Br)ccc1O. The number of nitrogens with zero attached hydrogens (tertiary/aromatic N) is 1. The van der Waals surface area contributed by atoms with Gasteiger partial charge >= 0.3 is 0 Å². The summed E-state index contributed by atoms with van der Waals surface area (Å²) in [6.45, 7) is 2.70. The van der Waals surface area contributed by atoms with Crippen LogP contribution < -0.4 is 0 Å². The maximum Gasteiger partial charge on any atom is 0.124 e. The second-order valence-electron chi connectivity index (χ2n) is 3.12. The second kappa shape index (κ2) is 6.45. The van der Waals surface area contributed by atoms with E-state index in [1.807, 2.05) is 0 Å². The van der Waals surface area contributed by atoms with Crippen molar-refractivity contribution in [1.29, 1.82) is 0 Å². The topological polar surface area (TPSA) is 41.8 Å². The maximum atomic E-state index is 9.47. The van der Waals surface area contributed by atoms with Crippen LogP contribution in [0.5, 0.6) is 5.75 Å². The summed E-state index contributed by atoms with van der Waals surface area (Å²) in [6.07, 6.45) is 3.58.